The topological polar surface area (TPSA) is 168 Å². The number of nitro groups is 1. The fraction of sp³-hybridized carbons (Fsp3) is 0.143. The van der Waals surface area contributed by atoms with E-state index in [1.807, 2.05) is 0 Å². The summed E-state index contributed by atoms with van der Waals surface area (Å²) >= 11 is 1.08. The van der Waals surface area contributed by atoms with Crippen molar-refractivity contribution < 1.29 is 24.0 Å². The minimum atomic E-state index is -0.495. The van der Waals surface area contributed by atoms with Crippen LogP contribution in [0.3, 0.4) is 0 Å². The zero-order chi connectivity index (χ0) is 25.2. The highest BCUT2D eigenvalue weighted by Gasteiger charge is 2.21. The molecule has 1 amide bonds. The molecule has 1 aliphatic heterocycles. The molecule has 2 aromatic carbocycles. The van der Waals surface area contributed by atoms with Crippen LogP contribution in [0.5, 0.6) is 11.5 Å². The molecule has 0 aliphatic carbocycles. The highest BCUT2D eigenvalue weighted by molar-refractivity contribution is 7.99. The zero-order valence-electron chi connectivity index (χ0n) is 18.5. The number of Topliss-reactive ketones (excluding diaryl/α,β-unsaturated/α-hetero) is 1. The Labute approximate surface area is 206 Å². The molecule has 4 aromatic rings. The van der Waals surface area contributed by atoms with Gasteiger partial charge in [0, 0.05) is 17.7 Å². The Hall–Kier alpha value is -4.79. The Morgan fingerprint density at radius 3 is 2.81 bits per heavy atom. The largest absolute Gasteiger partial charge is 0.454 e. The van der Waals surface area contributed by atoms with Crippen LogP contribution in [0.4, 0.5) is 11.4 Å². The number of thioether (sulfide) groups is 1. The van der Waals surface area contributed by atoms with E-state index in [0.717, 1.165) is 11.8 Å². The number of nitrogens with zero attached hydrogens (tertiary/aromatic N) is 7. The van der Waals surface area contributed by atoms with E-state index in [4.69, 9.17) is 9.47 Å². The third-order valence-corrected chi connectivity index (χ3v) is 5.95. The summed E-state index contributed by atoms with van der Waals surface area (Å²) in [7, 11) is 0. The normalized spacial score (nSPS) is 12.4. The number of anilines is 1. The van der Waals surface area contributed by atoms with Crippen molar-refractivity contribution in [3.8, 4) is 11.5 Å². The molecule has 0 bridgehead atoms. The van der Waals surface area contributed by atoms with E-state index in [2.05, 4.69) is 25.7 Å². The number of benzene rings is 2. The molecule has 3 heterocycles. The first-order chi connectivity index (χ1) is 17.4. The molecule has 0 spiro atoms. The smallest absolute Gasteiger partial charge is 0.278 e. The van der Waals surface area contributed by atoms with E-state index < -0.39 is 4.92 Å². The maximum atomic E-state index is 12.6. The molecule has 0 saturated heterocycles. The Balaban J connectivity index is 1.28. The zero-order valence-corrected chi connectivity index (χ0v) is 19.3. The summed E-state index contributed by atoms with van der Waals surface area (Å²) in [6.07, 6.45) is 2.69. The number of rotatable bonds is 8. The van der Waals surface area contributed by atoms with E-state index in [1.165, 1.54) is 40.8 Å². The second-order valence-corrected chi connectivity index (χ2v) is 8.32. The predicted molar refractivity (Wildman–Crippen MR) is 127 cm³/mol. The third-order valence-electron chi connectivity index (χ3n) is 5.03. The molecule has 0 fully saturated rings. The summed E-state index contributed by atoms with van der Waals surface area (Å²) in [5.41, 5.74) is 0.847. The van der Waals surface area contributed by atoms with Gasteiger partial charge in [0.25, 0.3) is 11.5 Å². The van der Waals surface area contributed by atoms with Gasteiger partial charge in [-0.25, -0.2) is 0 Å². The number of para-hydroxylation sites is 1. The number of aromatic nitrogens is 5. The van der Waals surface area contributed by atoms with Gasteiger partial charge in [-0.3, -0.25) is 19.7 Å². The summed E-state index contributed by atoms with van der Waals surface area (Å²) in [5, 5.41) is 30.6. The molecule has 0 unspecified atom stereocenters. The van der Waals surface area contributed by atoms with Crippen LogP contribution in [-0.4, -0.2) is 59.9 Å². The molecule has 14 nitrogen and oxygen atoms in total. The van der Waals surface area contributed by atoms with Crippen molar-refractivity contribution in [1.29, 1.82) is 0 Å². The molecule has 1 N–H and O–H groups in total. The van der Waals surface area contributed by atoms with Gasteiger partial charge in [0.1, 0.15) is 6.33 Å². The molecule has 0 radical (unpaired) electrons. The first kappa shape index (κ1) is 23.0. The molecule has 182 valence electrons. The van der Waals surface area contributed by atoms with E-state index >= 15 is 0 Å². The van der Waals surface area contributed by atoms with Crippen LogP contribution in [0, 0.1) is 10.1 Å². The van der Waals surface area contributed by atoms with E-state index in [9.17, 15) is 19.7 Å². The van der Waals surface area contributed by atoms with Gasteiger partial charge in [0.2, 0.25) is 17.9 Å². The summed E-state index contributed by atoms with van der Waals surface area (Å²) in [6, 6.07) is 9.26. The van der Waals surface area contributed by atoms with Crippen molar-refractivity contribution in [3.63, 3.8) is 0 Å². The van der Waals surface area contributed by atoms with Crippen molar-refractivity contribution in [2.75, 3.05) is 17.9 Å². The number of ketones is 1. The van der Waals surface area contributed by atoms with Crippen LogP contribution in [0.1, 0.15) is 22.8 Å². The highest BCUT2D eigenvalue weighted by Crippen LogP contribution is 2.37. The lowest BCUT2D eigenvalue weighted by Crippen LogP contribution is -2.16. The van der Waals surface area contributed by atoms with Gasteiger partial charge in [-0.1, -0.05) is 23.9 Å². The number of fused-ring (bicyclic) bond motifs is 2. The Bertz CT molecular complexity index is 1540. The second-order valence-electron chi connectivity index (χ2n) is 7.37. The number of carbonyl (C=O) groups is 2. The highest BCUT2D eigenvalue weighted by atomic mass is 32.2. The number of ether oxygens (including phenoxy) is 2. The fourth-order valence-corrected chi connectivity index (χ4v) is 4.05. The summed E-state index contributed by atoms with van der Waals surface area (Å²) in [5.74, 6) is 0.475. The summed E-state index contributed by atoms with van der Waals surface area (Å²) < 4.78 is 13.3. The van der Waals surface area contributed by atoms with E-state index in [0.29, 0.717) is 33.5 Å². The summed E-state index contributed by atoms with van der Waals surface area (Å²) in [4.78, 5) is 35.3. The number of nitro benzene ring substituents is 1. The second kappa shape index (κ2) is 9.46. The Kier molecular flexibility index (Phi) is 6.03. The van der Waals surface area contributed by atoms with E-state index in [-0.39, 0.29) is 35.7 Å². The molecular formula is C21H16N8O6S. The molecule has 2 aromatic heterocycles. The molecular weight excluding hydrogens is 492 g/mol. The first-order valence-corrected chi connectivity index (χ1v) is 11.3. The van der Waals surface area contributed by atoms with Crippen LogP contribution in [0.15, 0.2) is 53.0 Å². The average Bonchev–Trinajstić information content (AvgIpc) is 3.58. The standard InChI is InChI=1S/C21H16N8O6S/c1-12(30)14-6-17-18(35-11-34-17)7-15(14)24-19(31)9-36-21-26-25-20-27(10-23-28(20)21)22-8-13-4-2-3-5-16(13)29(32)33/h2-8,10H,9,11H2,1H3,(H,24,31)/b22-8-. The maximum Gasteiger partial charge on any atom is 0.278 e. The molecule has 1 aliphatic rings. The summed E-state index contributed by atoms with van der Waals surface area (Å²) in [6.45, 7) is 1.44. The quantitative estimate of drug-likeness (QED) is 0.123. The number of carbonyl (C=O) groups excluding carboxylic acids is 2. The van der Waals surface area contributed by atoms with Crippen LogP contribution in [-0.2, 0) is 4.79 Å². The number of amides is 1. The van der Waals surface area contributed by atoms with Crippen molar-refractivity contribution in [2.24, 2.45) is 5.10 Å². The average molecular weight is 508 g/mol. The van der Waals surface area contributed by atoms with Crippen LogP contribution in [0.2, 0.25) is 0 Å². The molecule has 5 rings (SSSR count). The van der Waals surface area contributed by atoms with Gasteiger partial charge < -0.3 is 14.8 Å². The van der Waals surface area contributed by atoms with Crippen LogP contribution in [0.25, 0.3) is 5.78 Å². The van der Waals surface area contributed by atoms with Gasteiger partial charge in [-0.05, 0) is 19.1 Å². The predicted octanol–water partition coefficient (Wildman–Crippen LogP) is 2.38. The Morgan fingerprint density at radius 1 is 1.25 bits per heavy atom. The number of nitrogens with one attached hydrogen (secondary N) is 1. The van der Waals surface area contributed by atoms with Gasteiger partial charge in [-0.2, -0.15) is 19.4 Å². The van der Waals surface area contributed by atoms with Gasteiger partial charge in [0.05, 0.1) is 28.1 Å². The number of hydrogen-bond acceptors (Lipinski definition) is 11. The van der Waals surface area contributed by atoms with Gasteiger partial charge in [-0.15, -0.1) is 10.2 Å². The molecule has 36 heavy (non-hydrogen) atoms. The van der Waals surface area contributed by atoms with Crippen molar-refractivity contribution in [3.05, 3.63) is 64.0 Å². The lowest BCUT2D eigenvalue weighted by molar-refractivity contribution is -0.385. The van der Waals surface area contributed by atoms with Gasteiger partial charge in [0.15, 0.2) is 17.3 Å². The van der Waals surface area contributed by atoms with Crippen molar-refractivity contribution >= 4 is 46.8 Å². The maximum absolute atomic E-state index is 12.6. The minimum Gasteiger partial charge on any atom is -0.454 e. The molecule has 15 heteroatoms. The van der Waals surface area contributed by atoms with Crippen LogP contribution >= 0.6 is 11.8 Å². The number of hydrogen-bond donors (Lipinski definition) is 1. The lowest BCUT2D eigenvalue weighted by Gasteiger charge is -2.10. The van der Waals surface area contributed by atoms with Crippen molar-refractivity contribution in [2.45, 2.75) is 12.1 Å². The monoisotopic (exact) mass is 508 g/mol. The lowest BCUT2D eigenvalue weighted by atomic mass is 10.1. The van der Waals surface area contributed by atoms with Crippen LogP contribution < -0.4 is 14.8 Å². The first-order valence-electron chi connectivity index (χ1n) is 10.3. The Morgan fingerprint density at radius 2 is 2.03 bits per heavy atom. The molecule has 0 saturated carbocycles. The SMILES string of the molecule is CC(=O)c1cc2c(cc1NC(=O)CSc1nnc3n(/N=C\c4ccccc4[N+](=O)[O-])cnn13)OCO2. The van der Waals surface area contributed by atoms with Gasteiger partial charge >= 0.3 is 0 Å². The van der Waals surface area contributed by atoms with Crippen molar-refractivity contribution in [1.82, 2.24) is 24.5 Å². The fourth-order valence-electron chi connectivity index (χ4n) is 3.37. The molecule has 0 atom stereocenters. The van der Waals surface area contributed by atoms with E-state index in [1.54, 1.807) is 24.3 Å². The minimum absolute atomic E-state index is 0.0427. The third kappa shape index (κ3) is 4.46.